The number of hydrogen-bond donors (Lipinski definition) is 1. The molecule has 6 rings (SSSR count). The lowest BCUT2D eigenvalue weighted by Gasteiger charge is -2.24. The van der Waals surface area contributed by atoms with Gasteiger partial charge in [-0.15, -0.1) is 5.10 Å². The quantitative estimate of drug-likeness (QED) is 0.447. The second-order valence-electron chi connectivity index (χ2n) is 12.5. The van der Waals surface area contributed by atoms with Gasteiger partial charge in [0.1, 0.15) is 11.7 Å². The van der Waals surface area contributed by atoms with E-state index < -0.39 is 36.4 Å². The zero-order valence-corrected chi connectivity index (χ0v) is 24.6. The Morgan fingerprint density at radius 3 is 2.58 bits per heavy atom. The van der Waals surface area contributed by atoms with Crippen molar-refractivity contribution in [2.75, 3.05) is 6.54 Å². The normalized spacial score (nSPS) is 22.7. The van der Waals surface area contributed by atoms with Crippen molar-refractivity contribution in [2.24, 2.45) is 5.92 Å². The van der Waals surface area contributed by atoms with Gasteiger partial charge in [-0.2, -0.15) is 0 Å². The van der Waals surface area contributed by atoms with Gasteiger partial charge in [-0.25, -0.2) is 13.5 Å². The zero-order chi connectivity index (χ0) is 30.5. The number of alkyl halides is 2. The van der Waals surface area contributed by atoms with Crippen LogP contribution < -0.4 is 5.32 Å². The molecular formula is C32H36F2N6O3. The molecule has 3 aliphatic rings. The number of benzene rings is 2. The van der Waals surface area contributed by atoms with E-state index in [-0.39, 0.29) is 31.1 Å². The number of hydrogen-bond acceptors (Lipinski definition) is 5. The minimum Gasteiger partial charge on any atom is -0.344 e. The van der Waals surface area contributed by atoms with Crippen LogP contribution in [0.25, 0.3) is 11.3 Å². The van der Waals surface area contributed by atoms with Crippen LogP contribution in [0.15, 0.2) is 48.7 Å². The van der Waals surface area contributed by atoms with E-state index in [4.69, 9.17) is 0 Å². The summed E-state index contributed by atoms with van der Waals surface area (Å²) in [6, 6.07) is 12.8. The second-order valence-corrected chi connectivity index (χ2v) is 12.5. The molecule has 1 N–H and O–H groups in total. The monoisotopic (exact) mass is 590 g/mol. The first kappa shape index (κ1) is 28.9. The predicted molar refractivity (Wildman–Crippen MR) is 155 cm³/mol. The van der Waals surface area contributed by atoms with Crippen molar-refractivity contribution in [3.05, 3.63) is 70.9 Å². The molecule has 0 saturated carbocycles. The summed E-state index contributed by atoms with van der Waals surface area (Å²) in [5.74, 6) is -4.21. The molecule has 3 aromatic rings. The fraction of sp³-hybridized carbons (Fsp3) is 0.469. The van der Waals surface area contributed by atoms with Gasteiger partial charge in [0.15, 0.2) is 0 Å². The van der Waals surface area contributed by atoms with Crippen molar-refractivity contribution in [1.29, 1.82) is 0 Å². The molecule has 1 aromatic heterocycles. The molecule has 226 valence electrons. The summed E-state index contributed by atoms with van der Waals surface area (Å²) in [6.45, 7) is 6.62. The fourth-order valence-electron chi connectivity index (χ4n) is 6.46. The third-order valence-corrected chi connectivity index (χ3v) is 8.91. The zero-order valence-electron chi connectivity index (χ0n) is 24.6. The summed E-state index contributed by atoms with van der Waals surface area (Å²) in [4.78, 5) is 41.8. The van der Waals surface area contributed by atoms with Gasteiger partial charge >= 0.3 is 0 Å². The van der Waals surface area contributed by atoms with E-state index >= 15 is 0 Å². The Labute approximate surface area is 249 Å². The minimum absolute atomic E-state index is 0.0350. The molecule has 0 aliphatic carbocycles. The van der Waals surface area contributed by atoms with E-state index in [1.807, 2.05) is 24.4 Å². The van der Waals surface area contributed by atoms with Gasteiger partial charge in [0, 0.05) is 43.5 Å². The topological polar surface area (TPSA) is 100 Å². The molecule has 0 spiro atoms. The highest BCUT2D eigenvalue weighted by atomic mass is 19.3. The van der Waals surface area contributed by atoms with Crippen LogP contribution in [0.5, 0.6) is 0 Å². The standard InChI is InChI=1S/C32H36F2N6O3/c1-19(2)21-7-9-22(10-8-21)28-17-39(37-36-28)15-24-6-4-5-23-14-38(16-26(23)24)29(41)12-25-11-27(35-30(25)42)31(43)40-18-32(33,34)13-20(40)3/h4-10,17,19-20,25,27H,11-16,18H2,1-3H3,(H,35,42)/t20-,25+,27+/m1/s1. The summed E-state index contributed by atoms with van der Waals surface area (Å²) in [6.07, 6.45) is 1.62. The third-order valence-electron chi connectivity index (χ3n) is 8.91. The molecule has 0 unspecified atom stereocenters. The van der Waals surface area contributed by atoms with Crippen LogP contribution in [0.4, 0.5) is 8.78 Å². The number of halogens is 2. The first-order chi connectivity index (χ1) is 20.5. The van der Waals surface area contributed by atoms with Crippen molar-refractivity contribution in [3.8, 4) is 11.3 Å². The van der Waals surface area contributed by atoms with Crippen molar-refractivity contribution in [2.45, 2.75) is 83.6 Å². The van der Waals surface area contributed by atoms with E-state index in [9.17, 15) is 23.2 Å². The summed E-state index contributed by atoms with van der Waals surface area (Å²) in [5, 5.41) is 11.3. The molecule has 2 aromatic carbocycles. The molecule has 2 fully saturated rings. The van der Waals surface area contributed by atoms with Crippen LogP contribution in [0.2, 0.25) is 0 Å². The fourth-order valence-corrected chi connectivity index (χ4v) is 6.46. The summed E-state index contributed by atoms with van der Waals surface area (Å²) in [7, 11) is 0. The molecule has 2 saturated heterocycles. The van der Waals surface area contributed by atoms with E-state index in [1.165, 1.54) is 5.56 Å². The number of aromatic nitrogens is 3. The van der Waals surface area contributed by atoms with Crippen molar-refractivity contribution >= 4 is 17.7 Å². The van der Waals surface area contributed by atoms with Gasteiger partial charge in [-0.3, -0.25) is 14.4 Å². The van der Waals surface area contributed by atoms with Crippen LogP contribution in [0.1, 0.15) is 68.2 Å². The van der Waals surface area contributed by atoms with Crippen molar-refractivity contribution in [1.82, 2.24) is 30.1 Å². The van der Waals surface area contributed by atoms with Gasteiger partial charge in [0.05, 0.1) is 19.3 Å². The minimum atomic E-state index is -2.92. The van der Waals surface area contributed by atoms with E-state index in [1.54, 1.807) is 16.5 Å². The average molecular weight is 591 g/mol. The number of nitrogens with zero attached hydrogens (tertiary/aromatic N) is 5. The Morgan fingerprint density at radius 2 is 1.88 bits per heavy atom. The van der Waals surface area contributed by atoms with Crippen LogP contribution in [-0.2, 0) is 34.0 Å². The maximum absolute atomic E-state index is 13.8. The molecule has 43 heavy (non-hydrogen) atoms. The van der Waals surface area contributed by atoms with Gasteiger partial charge in [-0.1, -0.05) is 61.5 Å². The number of carbonyl (C=O) groups excluding carboxylic acids is 3. The second kappa shape index (κ2) is 11.2. The maximum atomic E-state index is 13.8. The first-order valence-corrected chi connectivity index (χ1v) is 14.8. The molecule has 3 aliphatic heterocycles. The van der Waals surface area contributed by atoms with Gasteiger partial charge in [-0.05, 0) is 41.5 Å². The van der Waals surface area contributed by atoms with Crippen molar-refractivity contribution < 1.29 is 23.2 Å². The SMILES string of the molecule is CC(C)c1ccc(-c2cn(Cc3cccc4c3CN(C(=O)C[C@@H]3C[C@@H](C(=O)N5CC(F)(F)C[C@H]5C)NC3=O)C4)nn2)cc1. The number of likely N-dealkylation sites (tertiary alicyclic amines) is 1. The number of rotatable bonds is 7. The van der Waals surface area contributed by atoms with E-state index in [0.717, 1.165) is 32.8 Å². The summed E-state index contributed by atoms with van der Waals surface area (Å²) in [5.41, 5.74) is 6.20. The molecule has 0 radical (unpaired) electrons. The molecule has 0 bridgehead atoms. The third kappa shape index (κ3) is 5.89. The predicted octanol–water partition coefficient (Wildman–Crippen LogP) is 4.11. The Hall–Kier alpha value is -4.15. The van der Waals surface area contributed by atoms with E-state index in [2.05, 4.69) is 53.7 Å². The lowest BCUT2D eigenvalue weighted by molar-refractivity contribution is -0.136. The molecule has 3 amide bonds. The largest absolute Gasteiger partial charge is 0.344 e. The van der Waals surface area contributed by atoms with E-state index in [0.29, 0.717) is 25.6 Å². The molecule has 4 heterocycles. The highest BCUT2D eigenvalue weighted by Crippen LogP contribution is 2.34. The first-order valence-electron chi connectivity index (χ1n) is 14.8. The molecule has 11 heteroatoms. The van der Waals surface area contributed by atoms with Crippen molar-refractivity contribution in [3.63, 3.8) is 0 Å². The smallest absolute Gasteiger partial charge is 0.267 e. The Kier molecular flexibility index (Phi) is 7.52. The van der Waals surface area contributed by atoms with Gasteiger partial charge in [0.25, 0.3) is 5.92 Å². The Balaban J connectivity index is 1.07. The van der Waals surface area contributed by atoms with Crippen LogP contribution in [0.3, 0.4) is 0 Å². The van der Waals surface area contributed by atoms with Crippen LogP contribution in [-0.4, -0.2) is 67.1 Å². The average Bonchev–Trinajstić information content (AvgIpc) is 3.74. The number of nitrogens with one attached hydrogen (secondary N) is 1. The summed E-state index contributed by atoms with van der Waals surface area (Å²) < 4.78 is 29.4. The number of amides is 3. The van der Waals surface area contributed by atoms with Crippen LogP contribution >= 0.6 is 0 Å². The van der Waals surface area contributed by atoms with Crippen LogP contribution in [0, 0.1) is 5.92 Å². The lowest BCUT2D eigenvalue weighted by Crippen LogP contribution is -2.46. The van der Waals surface area contributed by atoms with Gasteiger partial charge in [0.2, 0.25) is 17.7 Å². The highest BCUT2D eigenvalue weighted by molar-refractivity contribution is 5.94. The number of carbonyl (C=O) groups is 3. The molecule has 3 atom stereocenters. The molecular weight excluding hydrogens is 554 g/mol. The maximum Gasteiger partial charge on any atom is 0.267 e. The highest BCUT2D eigenvalue weighted by Gasteiger charge is 2.48. The lowest BCUT2D eigenvalue weighted by atomic mass is 9.99. The Morgan fingerprint density at radius 1 is 1.12 bits per heavy atom. The van der Waals surface area contributed by atoms with Gasteiger partial charge < -0.3 is 15.1 Å². The number of fused-ring (bicyclic) bond motifs is 1. The molecule has 9 nitrogen and oxygen atoms in total. The Bertz CT molecular complexity index is 1550. The summed E-state index contributed by atoms with van der Waals surface area (Å²) >= 11 is 0.